The van der Waals surface area contributed by atoms with Crippen molar-refractivity contribution >= 4 is 69.1 Å². The van der Waals surface area contributed by atoms with Gasteiger partial charge in [0.1, 0.15) is 16.3 Å². The second-order valence-corrected chi connectivity index (χ2v) is 11.8. The van der Waals surface area contributed by atoms with E-state index >= 15 is 0 Å². The smallest absolute Gasteiger partial charge is 0.229 e. The summed E-state index contributed by atoms with van der Waals surface area (Å²) in [5.74, 6) is 1.59. The molecule has 4 aromatic rings. The second kappa shape index (κ2) is 13.4. The molecule has 0 aliphatic carbocycles. The van der Waals surface area contributed by atoms with Crippen LogP contribution in [0.5, 0.6) is 5.75 Å². The summed E-state index contributed by atoms with van der Waals surface area (Å²) < 4.78 is 9.09. The Morgan fingerprint density at radius 1 is 0.930 bits per heavy atom. The Balaban J connectivity index is 1.16. The summed E-state index contributed by atoms with van der Waals surface area (Å²) in [6.07, 6.45) is 9.24. The highest BCUT2D eigenvalue weighted by molar-refractivity contribution is 7.99. The highest BCUT2D eigenvalue weighted by Crippen LogP contribution is 2.36. The van der Waals surface area contributed by atoms with E-state index in [2.05, 4.69) is 69.2 Å². The summed E-state index contributed by atoms with van der Waals surface area (Å²) in [6.45, 7) is 6.75. The maximum absolute atomic E-state index is 6.52. The number of hydrogen-bond acceptors (Lipinski definition) is 12. The van der Waals surface area contributed by atoms with Gasteiger partial charge in [-0.25, -0.2) is 4.98 Å². The molecule has 2 fully saturated rings. The molecule has 0 spiro atoms. The largest absolute Gasteiger partial charge is 0.494 e. The molecule has 2 aliphatic heterocycles. The van der Waals surface area contributed by atoms with Crippen LogP contribution in [0, 0.1) is 0 Å². The summed E-state index contributed by atoms with van der Waals surface area (Å²) in [6, 6.07) is 10.8. The van der Waals surface area contributed by atoms with Crippen molar-refractivity contribution in [1.82, 2.24) is 29.7 Å². The normalized spacial score (nSPS) is 16.8. The number of piperazine rings is 1. The molecule has 0 amide bonds. The molecule has 2 aliphatic rings. The lowest BCUT2D eigenvalue weighted by molar-refractivity contribution is 0.0982. The van der Waals surface area contributed by atoms with E-state index in [0.29, 0.717) is 22.8 Å². The van der Waals surface area contributed by atoms with Gasteiger partial charge in [0.05, 0.1) is 35.9 Å². The van der Waals surface area contributed by atoms with Gasteiger partial charge in [0.15, 0.2) is 5.82 Å². The van der Waals surface area contributed by atoms with Crippen molar-refractivity contribution in [3.63, 3.8) is 0 Å². The van der Waals surface area contributed by atoms with Crippen molar-refractivity contribution in [2.45, 2.75) is 18.9 Å². The van der Waals surface area contributed by atoms with E-state index < -0.39 is 0 Å². The third-order valence-corrected chi connectivity index (χ3v) is 8.84. The van der Waals surface area contributed by atoms with Crippen molar-refractivity contribution in [3.8, 4) is 5.75 Å². The number of aromatic nitrogens is 4. The van der Waals surface area contributed by atoms with Crippen LogP contribution in [0.15, 0.2) is 48.9 Å². The molecule has 0 saturated carbocycles. The molecule has 11 nitrogen and oxygen atoms in total. The van der Waals surface area contributed by atoms with Gasteiger partial charge in [-0.15, -0.1) is 0 Å². The minimum Gasteiger partial charge on any atom is -0.494 e. The molecule has 43 heavy (non-hydrogen) atoms. The lowest BCUT2D eigenvalue weighted by Crippen LogP contribution is -2.52. The Morgan fingerprint density at radius 2 is 1.70 bits per heavy atom. The van der Waals surface area contributed by atoms with Gasteiger partial charge in [0.2, 0.25) is 5.95 Å². The number of halogens is 1. The van der Waals surface area contributed by atoms with Gasteiger partial charge in [-0.05, 0) is 44.2 Å². The lowest BCUT2D eigenvalue weighted by Gasteiger charge is -2.42. The van der Waals surface area contributed by atoms with Gasteiger partial charge >= 0.3 is 0 Å². The molecule has 13 heteroatoms. The fourth-order valence-corrected chi connectivity index (χ4v) is 6.31. The van der Waals surface area contributed by atoms with Crippen molar-refractivity contribution in [2.75, 3.05) is 79.9 Å². The predicted molar refractivity (Wildman–Crippen MR) is 178 cm³/mol. The molecule has 0 atom stereocenters. The molecule has 0 bridgehead atoms. The molecule has 2 aromatic heterocycles. The number of anilines is 6. The van der Waals surface area contributed by atoms with Crippen LogP contribution in [0.1, 0.15) is 12.8 Å². The zero-order chi connectivity index (χ0) is 29.8. The first kappa shape index (κ1) is 29.5. The molecule has 0 radical (unpaired) electrons. The van der Waals surface area contributed by atoms with Gasteiger partial charge < -0.3 is 29.9 Å². The number of piperidine rings is 1. The average molecular weight is 621 g/mol. The van der Waals surface area contributed by atoms with Crippen LogP contribution in [0.4, 0.5) is 34.5 Å². The second-order valence-electron chi connectivity index (χ2n) is 10.8. The fourth-order valence-electron chi connectivity index (χ4n) is 5.77. The van der Waals surface area contributed by atoms with E-state index in [1.54, 1.807) is 25.7 Å². The number of rotatable bonds is 9. The highest BCUT2D eigenvalue weighted by atomic mass is 35.5. The number of nitrogens with zero attached hydrogens (tertiary/aromatic N) is 7. The molecule has 3 N–H and O–H groups in total. The summed E-state index contributed by atoms with van der Waals surface area (Å²) in [7, 11) is 3.89. The van der Waals surface area contributed by atoms with Crippen LogP contribution < -0.4 is 25.0 Å². The van der Waals surface area contributed by atoms with Gasteiger partial charge in [0.25, 0.3) is 0 Å². The summed E-state index contributed by atoms with van der Waals surface area (Å²) in [5, 5.41) is 7.05. The first-order chi connectivity index (χ1) is 21.0. The van der Waals surface area contributed by atoms with E-state index in [1.165, 1.54) is 37.9 Å². The van der Waals surface area contributed by atoms with E-state index in [1.807, 2.05) is 24.5 Å². The van der Waals surface area contributed by atoms with Crippen LogP contribution in [-0.2, 0) is 0 Å². The number of nitrogens with one attached hydrogen (secondary N) is 3. The van der Waals surface area contributed by atoms with Crippen LogP contribution in [0.2, 0.25) is 5.02 Å². The van der Waals surface area contributed by atoms with Gasteiger partial charge in [-0.2, -0.15) is 4.98 Å². The van der Waals surface area contributed by atoms with E-state index in [4.69, 9.17) is 16.3 Å². The predicted octanol–water partition coefficient (Wildman–Crippen LogP) is 5.48. The number of methoxy groups -OCH3 is 1. The Hall–Kier alpha value is -3.58. The molecule has 2 aromatic carbocycles. The first-order valence-corrected chi connectivity index (χ1v) is 16.1. The Kier molecular flexibility index (Phi) is 9.17. The first-order valence-electron chi connectivity index (χ1n) is 14.5. The molecule has 226 valence electrons. The van der Waals surface area contributed by atoms with Crippen molar-refractivity contribution in [1.29, 1.82) is 0 Å². The number of fused-ring (bicyclic) bond motifs is 1. The quantitative estimate of drug-likeness (QED) is 0.206. The third kappa shape index (κ3) is 6.67. The van der Waals surface area contributed by atoms with E-state index in [-0.39, 0.29) is 0 Å². The van der Waals surface area contributed by atoms with Crippen molar-refractivity contribution in [2.24, 2.45) is 0 Å². The summed E-state index contributed by atoms with van der Waals surface area (Å²) >= 11 is 7.99. The Morgan fingerprint density at radius 3 is 2.47 bits per heavy atom. The third-order valence-electron chi connectivity index (χ3n) is 8.16. The number of hydrogen-bond donors (Lipinski definition) is 3. The zero-order valence-electron chi connectivity index (χ0n) is 24.7. The molecule has 2 saturated heterocycles. The van der Waals surface area contributed by atoms with Gasteiger partial charge in [0, 0.05) is 75.7 Å². The van der Waals surface area contributed by atoms with Gasteiger partial charge in [-0.3, -0.25) is 14.9 Å². The van der Waals surface area contributed by atoms with Gasteiger partial charge in [-0.1, -0.05) is 23.5 Å². The van der Waals surface area contributed by atoms with E-state index in [0.717, 1.165) is 65.7 Å². The monoisotopic (exact) mass is 620 g/mol. The molecule has 4 heterocycles. The maximum Gasteiger partial charge on any atom is 0.229 e. The van der Waals surface area contributed by atoms with Crippen LogP contribution in [-0.4, -0.2) is 95.5 Å². The molecule has 0 unspecified atom stereocenters. The number of benzene rings is 2. The Bertz CT molecular complexity index is 1560. The fraction of sp³-hybridized carbons (Fsp3) is 0.400. The summed E-state index contributed by atoms with van der Waals surface area (Å²) in [5.41, 5.74) is 5.04. The lowest BCUT2D eigenvalue weighted by atomic mass is 10.0. The van der Waals surface area contributed by atoms with Crippen molar-refractivity contribution < 1.29 is 4.74 Å². The minimum atomic E-state index is 0.391. The molecular weight excluding hydrogens is 584 g/mol. The van der Waals surface area contributed by atoms with Crippen molar-refractivity contribution in [3.05, 3.63) is 53.9 Å². The molecule has 6 rings (SSSR count). The Labute approximate surface area is 261 Å². The summed E-state index contributed by atoms with van der Waals surface area (Å²) in [4.78, 5) is 25.6. The standard InChI is InChI=1S/C30H37ClN10OS/c1-39-14-16-41(17-15-39)20-8-12-40(13-9-20)21-4-5-23(26(18-21)42-2)36-30-34-19-22(31)29(37-30)35-25-7-6-24-27(28(25)38-43-3)33-11-10-32-24/h4-7,10-11,18-20,38H,8-9,12-17H2,1-3H3,(H2,34,35,36,37). The SMILES string of the molecule is COc1cc(N2CCC(N3CCN(C)CC3)CC2)ccc1Nc1ncc(Cl)c(Nc2ccc3nccnc3c2NSC)n1. The molecular formula is C30H37ClN10OS. The number of likely N-dealkylation sites (N-methyl/N-ethyl adjacent to an activating group) is 1. The average Bonchev–Trinajstić information content (AvgIpc) is 3.04. The number of ether oxygens (including phenoxy) is 1. The highest BCUT2D eigenvalue weighted by Gasteiger charge is 2.27. The maximum atomic E-state index is 6.52. The van der Waals surface area contributed by atoms with Crippen LogP contribution >= 0.6 is 23.5 Å². The topological polar surface area (TPSA) is 107 Å². The van der Waals surface area contributed by atoms with E-state index in [9.17, 15) is 0 Å². The zero-order valence-corrected chi connectivity index (χ0v) is 26.3. The minimum absolute atomic E-state index is 0.391. The van der Waals surface area contributed by atoms with Crippen LogP contribution in [0.3, 0.4) is 0 Å². The van der Waals surface area contributed by atoms with Crippen LogP contribution in [0.25, 0.3) is 11.0 Å².